The zero-order valence-electron chi connectivity index (χ0n) is 13.3. The molecule has 3 heteroatoms. The van der Waals surface area contributed by atoms with Crippen molar-refractivity contribution in [3.8, 4) is 0 Å². The first kappa shape index (κ1) is 14.3. The van der Waals surface area contributed by atoms with Crippen molar-refractivity contribution in [2.75, 3.05) is 26.3 Å². The number of ether oxygens (including phenoxy) is 1. The average molecular weight is 298 g/mol. The Morgan fingerprint density at radius 2 is 1.82 bits per heavy atom. The standard InChI is InChI=1S/C19H26N2O/c1-2-6-15(7-3-1)19(21-10-12-22-13-11-21)17-14-20-18-9-5-4-8-16(17)18/h4-5,8-9,14-15,19-20H,1-3,6-7,10-13H2. The number of aromatic nitrogens is 1. The van der Waals surface area contributed by atoms with Gasteiger partial charge in [0.05, 0.1) is 13.2 Å². The molecule has 1 N–H and O–H groups in total. The van der Waals surface area contributed by atoms with Crippen molar-refractivity contribution in [1.29, 1.82) is 0 Å². The molecule has 1 aromatic carbocycles. The van der Waals surface area contributed by atoms with E-state index in [1.54, 1.807) is 0 Å². The summed E-state index contributed by atoms with van der Waals surface area (Å²) >= 11 is 0. The number of rotatable bonds is 3. The molecule has 4 rings (SSSR count). The highest BCUT2D eigenvalue weighted by Gasteiger charge is 2.32. The van der Waals surface area contributed by atoms with Gasteiger partial charge in [0.15, 0.2) is 0 Å². The number of hydrogen-bond acceptors (Lipinski definition) is 2. The number of H-pyrrole nitrogens is 1. The predicted molar refractivity (Wildman–Crippen MR) is 90.0 cm³/mol. The van der Waals surface area contributed by atoms with Gasteiger partial charge in [0.2, 0.25) is 0 Å². The smallest absolute Gasteiger partial charge is 0.0594 e. The Labute approximate surface area is 132 Å². The van der Waals surface area contributed by atoms with Crippen LogP contribution < -0.4 is 0 Å². The summed E-state index contributed by atoms with van der Waals surface area (Å²) in [6, 6.07) is 9.30. The Morgan fingerprint density at radius 1 is 1.05 bits per heavy atom. The molecule has 2 aromatic rings. The molecular formula is C19H26N2O. The van der Waals surface area contributed by atoms with Crippen molar-refractivity contribution in [3.05, 3.63) is 36.0 Å². The van der Waals surface area contributed by atoms with E-state index in [0.29, 0.717) is 6.04 Å². The predicted octanol–water partition coefficient (Wildman–Crippen LogP) is 4.12. The summed E-state index contributed by atoms with van der Waals surface area (Å²) in [4.78, 5) is 6.16. The second-order valence-corrected chi connectivity index (χ2v) is 6.78. The number of nitrogens with zero attached hydrogens (tertiary/aromatic N) is 1. The number of morpholine rings is 1. The maximum absolute atomic E-state index is 5.59. The van der Waals surface area contributed by atoms with Crippen LogP contribution in [0.15, 0.2) is 30.5 Å². The first-order valence-electron chi connectivity index (χ1n) is 8.81. The number of hydrogen-bond donors (Lipinski definition) is 1. The van der Waals surface area contributed by atoms with Crippen molar-refractivity contribution in [1.82, 2.24) is 9.88 Å². The molecule has 1 aromatic heterocycles. The van der Waals surface area contributed by atoms with Crippen LogP contribution in [-0.4, -0.2) is 36.2 Å². The van der Waals surface area contributed by atoms with Crippen molar-refractivity contribution < 1.29 is 4.74 Å². The van der Waals surface area contributed by atoms with Gasteiger partial charge in [-0.2, -0.15) is 0 Å². The molecule has 1 aliphatic heterocycles. The zero-order chi connectivity index (χ0) is 14.8. The lowest BCUT2D eigenvalue weighted by Crippen LogP contribution is -2.42. The maximum atomic E-state index is 5.59. The van der Waals surface area contributed by atoms with E-state index in [1.165, 1.54) is 48.6 Å². The summed E-state index contributed by atoms with van der Waals surface area (Å²) in [5.41, 5.74) is 2.77. The first-order chi connectivity index (χ1) is 10.9. The van der Waals surface area contributed by atoms with Crippen molar-refractivity contribution in [2.45, 2.75) is 38.1 Å². The Bertz CT molecular complexity index is 591. The lowest BCUT2D eigenvalue weighted by atomic mass is 9.80. The van der Waals surface area contributed by atoms with Gasteiger partial charge in [0.1, 0.15) is 0 Å². The molecule has 0 radical (unpaired) electrons. The van der Waals surface area contributed by atoms with Gasteiger partial charge in [-0.05, 0) is 30.4 Å². The van der Waals surface area contributed by atoms with E-state index in [1.807, 2.05) is 0 Å². The third kappa shape index (κ3) is 2.68. The minimum atomic E-state index is 0.556. The van der Waals surface area contributed by atoms with Gasteiger partial charge in [0, 0.05) is 36.2 Å². The second kappa shape index (κ2) is 6.43. The maximum Gasteiger partial charge on any atom is 0.0594 e. The molecule has 0 spiro atoms. The van der Waals surface area contributed by atoms with Gasteiger partial charge >= 0.3 is 0 Å². The van der Waals surface area contributed by atoms with Gasteiger partial charge in [-0.15, -0.1) is 0 Å². The summed E-state index contributed by atoms with van der Waals surface area (Å²) in [7, 11) is 0. The molecule has 2 heterocycles. The van der Waals surface area contributed by atoms with Gasteiger partial charge in [0.25, 0.3) is 0 Å². The number of benzene rings is 1. The molecule has 0 bridgehead atoms. The molecule has 2 fully saturated rings. The summed E-state index contributed by atoms with van der Waals surface area (Å²) in [5.74, 6) is 0.797. The van der Waals surface area contributed by atoms with Gasteiger partial charge in [-0.3, -0.25) is 4.90 Å². The van der Waals surface area contributed by atoms with Crippen LogP contribution in [0, 0.1) is 5.92 Å². The highest BCUT2D eigenvalue weighted by Crippen LogP contribution is 2.41. The van der Waals surface area contributed by atoms with Gasteiger partial charge < -0.3 is 9.72 Å². The fraction of sp³-hybridized carbons (Fsp3) is 0.579. The number of aromatic amines is 1. The van der Waals surface area contributed by atoms with E-state index in [0.717, 1.165) is 32.2 Å². The largest absolute Gasteiger partial charge is 0.379 e. The van der Waals surface area contributed by atoms with E-state index in [-0.39, 0.29) is 0 Å². The van der Waals surface area contributed by atoms with Crippen LogP contribution in [0.25, 0.3) is 10.9 Å². The topological polar surface area (TPSA) is 28.3 Å². The monoisotopic (exact) mass is 298 g/mol. The van der Waals surface area contributed by atoms with Crippen LogP contribution in [0.4, 0.5) is 0 Å². The molecular weight excluding hydrogens is 272 g/mol. The van der Waals surface area contributed by atoms with Gasteiger partial charge in [-0.25, -0.2) is 0 Å². The van der Waals surface area contributed by atoms with Crippen LogP contribution in [-0.2, 0) is 4.74 Å². The Hall–Kier alpha value is -1.32. The molecule has 1 saturated carbocycles. The quantitative estimate of drug-likeness (QED) is 0.923. The lowest BCUT2D eigenvalue weighted by molar-refractivity contribution is -0.00273. The molecule has 1 atom stereocenters. The minimum absolute atomic E-state index is 0.556. The summed E-state index contributed by atoms with van der Waals surface area (Å²) in [6.45, 7) is 3.90. The normalized spacial score (nSPS) is 22.9. The van der Waals surface area contributed by atoms with Crippen LogP contribution >= 0.6 is 0 Å². The first-order valence-corrected chi connectivity index (χ1v) is 8.81. The molecule has 22 heavy (non-hydrogen) atoms. The summed E-state index contributed by atoms with van der Waals surface area (Å²) < 4.78 is 5.59. The van der Waals surface area contributed by atoms with E-state index in [4.69, 9.17) is 4.74 Å². The second-order valence-electron chi connectivity index (χ2n) is 6.78. The van der Waals surface area contributed by atoms with E-state index in [9.17, 15) is 0 Å². The van der Waals surface area contributed by atoms with E-state index in [2.05, 4.69) is 40.3 Å². The van der Waals surface area contributed by atoms with E-state index < -0.39 is 0 Å². The van der Waals surface area contributed by atoms with Crippen LogP contribution in [0.5, 0.6) is 0 Å². The third-order valence-electron chi connectivity index (χ3n) is 5.48. The van der Waals surface area contributed by atoms with Crippen LogP contribution in [0.2, 0.25) is 0 Å². The zero-order valence-corrected chi connectivity index (χ0v) is 13.3. The van der Waals surface area contributed by atoms with Gasteiger partial charge in [-0.1, -0.05) is 37.5 Å². The molecule has 1 aliphatic carbocycles. The molecule has 2 aliphatic rings. The summed E-state index contributed by atoms with van der Waals surface area (Å²) in [6.07, 6.45) is 9.23. The number of fused-ring (bicyclic) bond motifs is 1. The fourth-order valence-electron chi connectivity index (χ4n) is 4.39. The minimum Gasteiger partial charge on any atom is -0.379 e. The van der Waals surface area contributed by atoms with Crippen molar-refractivity contribution in [2.24, 2.45) is 5.92 Å². The van der Waals surface area contributed by atoms with Crippen molar-refractivity contribution in [3.63, 3.8) is 0 Å². The average Bonchev–Trinajstić information content (AvgIpc) is 3.01. The van der Waals surface area contributed by atoms with Crippen molar-refractivity contribution >= 4 is 10.9 Å². The molecule has 3 nitrogen and oxygen atoms in total. The van der Waals surface area contributed by atoms with E-state index >= 15 is 0 Å². The number of nitrogens with one attached hydrogen (secondary N) is 1. The van der Waals surface area contributed by atoms with Crippen LogP contribution in [0.3, 0.4) is 0 Å². The fourth-order valence-corrected chi connectivity index (χ4v) is 4.39. The Kier molecular flexibility index (Phi) is 4.17. The Balaban J connectivity index is 1.71. The molecule has 0 amide bonds. The van der Waals surface area contributed by atoms with Crippen LogP contribution in [0.1, 0.15) is 43.7 Å². The lowest BCUT2D eigenvalue weighted by Gasteiger charge is -2.40. The summed E-state index contributed by atoms with van der Waals surface area (Å²) in [5, 5.41) is 1.41. The highest BCUT2D eigenvalue weighted by atomic mass is 16.5. The molecule has 1 unspecified atom stereocenters. The SMILES string of the molecule is c1ccc2c(C(C3CCCCC3)N3CCOCC3)c[nH]c2c1. The Morgan fingerprint density at radius 3 is 2.64 bits per heavy atom. The number of para-hydroxylation sites is 1. The molecule has 118 valence electrons. The third-order valence-corrected chi connectivity index (χ3v) is 5.48. The highest BCUT2D eigenvalue weighted by molar-refractivity contribution is 5.83. The molecule has 1 saturated heterocycles.